The second kappa shape index (κ2) is 4.98. The molecule has 5 aliphatic rings. The van der Waals surface area contributed by atoms with Gasteiger partial charge < -0.3 is 14.8 Å². The fraction of sp³-hybridized carbons (Fsp3) is 0.579. The molecular formula is C19H21NO4. The third-order valence-electron chi connectivity index (χ3n) is 6.90. The Kier molecular flexibility index (Phi) is 2.97. The zero-order valence-electron chi connectivity index (χ0n) is 13.6. The minimum Gasteiger partial charge on any atom is -0.469 e. The summed E-state index contributed by atoms with van der Waals surface area (Å²) in [6.45, 7) is 0.245. The van der Waals surface area contributed by atoms with E-state index in [4.69, 9.17) is 9.47 Å². The number of hydrogen-bond acceptors (Lipinski definition) is 4. The normalized spacial score (nSPS) is 42.7. The molecular weight excluding hydrogens is 306 g/mol. The van der Waals surface area contributed by atoms with Crippen LogP contribution in [0.3, 0.4) is 0 Å². The quantitative estimate of drug-likeness (QED) is 0.861. The number of alkyl carbamates (subject to hydrolysis) is 1. The Morgan fingerprint density at radius 3 is 2.50 bits per heavy atom. The summed E-state index contributed by atoms with van der Waals surface area (Å²) in [6.07, 6.45) is 0.801. The first-order valence-electron chi connectivity index (χ1n) is 8.75. The molecule has 6 bridgehead atoms. The van der Waals surface area contributed by atoms with E-state index in [1.54, 1.807) is 0 Å². The van der Waals surface area contributed by atoms with E-state index in [2.05, 4.69) is 5.32 Å². The maximum absolute atomic E-state index is 12.3. The SMILES string of the molecule is COC(=O)[C@@H]1C2C3CC4C2C4C3[C@@H]1NC(=O)OCc1ccccc1. The summed E-state index contributed by atoms with van der Waals surface area (Å²) >= 11 is 0. The Hall–Kier alpha value is -2.04. The largest absolute Gasteiger partial charge is 0.469 e. The molecule has 0 heterocycles. The molecule has 6 unspecified atom stereocenters. The molecule has 5 fully saturated rings. The van der Waals surface area contributed by atoms with Gasteiger partial charge in [0.1, 0.15) is 6.61 Å². The lowest BCUT2D eigenvalue weighted by atomic mass is 9.84. The summed E-state index contributed by atoms with van der Waals surface area (Å²) < 4.78 is 10.4. The van der Waals surface area contributed by atoms with E-state index in [1.165, 1.54) is 13.5 Å². The highest BCUT2D eigenvalue weighted by atomic mass is 16.5. The van der Waals surface area contributed by atoms with Gasteiger partial charge in [0.15, 0.2) is 0 Å². The topological polar surface area (TPSA) is 64.6 Å². The van der Waals surface area contributed by atoms with Crippen LogP contribution in [0, 0.1) is 41.4 Å². The number of rotatable bonds is 4. The molecule has 0 aromatic heterocycles. The number of carbonyl (C=O) groups is 2. The van der Waals surface area contributed by atoms with Crippen molar-refractivity contribution in [3.05, 3.63) is 35.9 Å². The van der Waals surface area contributed by atoms with Crippen molar-refractivity contribution in [2.75, 3.05) is 7.11 Å². The van der Waals surface area contributed by atoms with Crippen LogP contribution in [0.5, 0.6) is 0 Å². The van der Waals surface area contributed by atoms with Crippen LogP contribution in [-0.4, -0.2) is 25.2 Å². The minimum atomic E-state index is -0.431. The second-order valence-corrected chi connectivity index (χ2v) is 7.65. The van der Waals surface area contributed by atoms with E-state index in [1.807, 2.05) is 30.3 Å². The molecule has 1 N–H and O–H groups in total. The van der Waals surface area contributed by atoms with Crippen LogP contribution in [0.15, 0.2) is 30.3 Å². The average Bonchev–Trinajstić information content (AvgIpc) is 2.95. The van der Waals surface area contributed by atoms with Crippen LogP contribution in [0.1, 0.15) is 12.0 Å². The van der Waals surface area contributed by atoms with Crippen molar-refractivity contribution in [2.45, 2.75) is 19.1 Å². The van der Waals surface area contributed by atoms with Crippen molar-refractivity contribution in [3.63, 3.8) is 0 Å². The smallest absolute Gasteiger partial charge is 0.407 e. The number of amides is 1. The first kappa shape index (κ1) is 14.3. The fourth-order valence-electron chi connectivity index (χ4n) is 6.30. The third kappa shape index (κ3) is 1.81. The number of hydrogen-bond donors (Lipinski definition) is 1. The molecule has 0 radical (unpaired) electrons. The molecule has 126 valence electrons. The van der Waals surface area contributed by atoms with Gasteiger partial charge >= 0.3 is 12.1 Å². The summed E-state index contributed by atoms with van der Waals surface area (Å²) in [6, 6.07) is 9.49. The van der Waals surface area contributed by atoms with Crippen LogP contribution >= 0.6 is 0 Å². The Morgan fingerprint density at radius 2 is 1.79 bits per heavy atom. The third-order valence-corrected chi connectivity index (χ3v) is 6.90. The molecule has 5 saturated carbocycles. The number of nitrogens with one attached hydrogen (secondary N) is 1. The number of ether oxygens (including phenoxy) is 2. The Balaban J connectivity index is 1.27. The lowest BCUT2D eigenvalue weighted by Crippen LogP contribution is -2.48. The Labute approximate surface area is 140 Å². The monoisotopic (exact) mass is 327 g/mol. The maximum Gasteiger partial charge on any atom is 0.407 e. The molecule has 5 aliphatic carbocycles. The van der Waals surface area contributed by atoms with Crippen LogP contribution in [0.25, 0.3) is 0 Å². The summed E-state index contributed by atoms with van der Waals surface area (Å²) in [5, 5.41) is 3.00. The molecule has 0 aliphatic heterocycles. The van der Waals surface area contributed by atoms with Gasteiger partial charge in [0.25, 0.3) is 0 Å². The van der Waals surface area contributed by atoms with Gasteiger partial charge in [0, 0.05) is 6.04 Å². The highest BCUT2D eigenvalue weighted by Crippen LogP contribution is 2.82. The van der Waals surface area contributed by atoms with Gasteiger partial charge in [0.05, 0.1) is 13.0 Å². The molecule has 1 aromatic carbocycles. The standard InChI is InChI=1S/C19H21NO4/c1-23-18(21)16-14-11-7-10-12(14)13(10)15(11)17(16)20-19(22)24-8-9-5-3-2-4-6-9/h2-6,10-17H,7-8H2,1H3,(H,20,22)/t10?,11?,12?,13?,14?,15?,16-,17+/m1/s1. The second-order valence-electron chi connectivity index (χ2n) is 7.65. The van der Waals surface area contributed by atoms with Gasteiger partial charge in [-0.05, 0) is 47.5 Å². The van der Waals surface area contributed by atoms with E-state index in [0.717, 1.165) is 17.4 Å². The summed E-state index contributed by atoms with van der Waals surface area (Å²) in [5.74, 6) is 3.31. The van der Waals surface area contributed by atoms with Crippen LogP contribution in [-0.2, 0) is 20.9 Å². The van der Waals surface area contributed by atoms with Crippen molar-refractivity contribution in [2.24, 2.45) is 41.4 Å². The zero-order chi connectivity index (χ0) is 16.4. The number of esters is 1. The highest BCUT2D eigenvalue weighted by Gasteiger charge is 2.81. The van der Waals surface area contributed by atoms with Crippen molar-refractivity contribution in [1.82, 2.24) is 5.32 Å². The van der Waals surface area contributed by atoms with E-state index in [0.29, 0.717) is 23.7 Å². The number of carbonyl (C=O) groups excluding carboxylic acids is 2. The van der Waals surface area contributed by atoms with Crippen molar-refractivity contribution in [3.8, 4) is 0 Å². The zero-order valence-corrected chi connectivity index (χ0v) is 13.6. The molecule has 5 heteroatoms. The molecule has 1 aromatic rings. The predicted molar refractivity (Wildman–Crippen MR) is 84.6 cm³/mol. The molecule has 6 rings (SSSR count). The molecule has 0 saturated heterocycles. The number of methoxy groups -OCH3 is 1. The van der Waals surface area contributed by atoms with Crippen LogP contribution in [0.2, 0.25) is 0 Å². The van der Waals surface area contributed by atoms with Gasteiger partial charge in [-0.2, -0.15) is 0 Å². The summed E-state index contributed by atoms with van der Waals surface area (Å²) in [5.41, 5.74) is 0.953. The van der Waals surface area contributed by atoms with Gasteiger partial charge in [-0.15, -0.1) is 0 Å². The van der Waals surface area contributed by atoms with Gasteiger partial charge in [-0.3, -0.25) is 4.79 Å². The van der Waals surface area contributed by atoms with E-state index >= 15 is 0 Å². The van der Waals surface area contributed by atoms with Crippen molar-refractivity contribution >= 4 is 12.1 Å². The molecule has 8 atom stereocenters. The van der Waals surface area contributed by atoms with Crippen LogP contribution in [0.4, 0.5) is 4.79 Å². The van der Waals surface area contributed by atoms with Gasteiger partial charge in [-0.1, -0.05) is 30.3 Å². The maximum atomic E-state index is 12.3. The van der Waals surface area contributed by atoms with Crippen LogP contribution < -0.4 is 5.32 Å². The van der Waals surface area contributed by atoms with Crippen molar-refractivity contribution in [1.29, 1.82) is 0 Å². The predicted octanol–water partition coefficient (Wildman–Crippen LogP) is 2.21. The van der Waals surface area contributed by atoms with Gasteiger partial charge in [-0.25, -0.2) is 4.79 Å². The van der Waals surface area contributed by atoms with Gasteiger partial charge in [0.2, 0.25) is 0 Å². The number of benzene rings is 1. The molecule has 5 nitrogen and oxygen atoms in total. The lowest BCUT2D eigenvalue weighted by molar-refractivity contribution is -0.148. The first-order chi connectivity index (χ1) is 11.7. The molecule has 24 heavy (non-hydrogen) atoms. The minimum absolute atomic E-state index is 0.121. The molecule has 0 spiro atoms. The summed E-state index contributed by atoms with van der Waals surface area (Å²) in [4.78, 5) is 24.5. The van der Waals surface area contributed by atoms with E-state index in [9.17, 15) is 9.59 Å². The van der Waals surface area contributed by atoms with E-state index < -0.39 is 6.09 Å². The average molecular weight is 327 g/mol. The Morgan fingerprint density at radius 1 is 1.08 bits per heavy atom. The van der Waals surface area contributed by atoms with Crippen molar-refractivity contribution < 1.29 is 19.1 Å². The van der Waals surface area contributed by atoms with E-state index in [-0.39, 0.29) is 24.5 Å². The highest BCUT2D eigenvalue weighted by molar-refractivity contribution is 5.77. The summed E-state index contributed by atoms with van der Waals surface area (Å²) in [7, 11) is 1.44. The first-order valence-corrected chi connectivity index (χ1v) is 8.75. The Bertz CT molecular complexity index is 690. The lowest BCUT2D eigenvalue weighted by Gasteiger charge is -2.29. The molecule has 1 amide bonds. The fourth-order valence-corrected chi connectivity index (χ4v) is 6.30.